The van der Waals surface area contributed by atoms with Gasteiger partial charge < -0.3 is 14.2 Å². The van der Waals surface area contributed by atoms with Crippen LogP contribution >= 0.6 is 0 Å². The summed E-state index contributed by atoms with van der Waals surface area (Å²) in [7, 11) is 1.60. The molecule has 8 heteroatoms. The first-order valence-corrected chi connectivity index (χ1v) is 12.5. The van der Waals surface area contributed by atoms with Crippen molar-refractivity contribution in [1.82, 2.24) is 0 Å². The van der Waals surface area contributed by atoms with Crippen molar-refractivity contribution in [3.05, 3.63) is 77.6 Å². The number of rotatable bonds is 6. The number of carbonyl (C=O) groups is 2. The second-order valence-electron chi connectivity index (χ2n) is 10.2. The first-order chi connectivity index (χ1) is 18.4. The number of nitrogens with zero attached hydrogens (tertiary/aromatic N) is 3. The summed E-state index contributed by atoms with van der Waals surface area (Å²) in [4.78, 5) is 33.0. The predicted molar refractivity (Wildman–Crippen MR) is 139 cm³/mol. The minimum absolute atomic E-state index is 0.270. The standard InChI is InChI=1S/C30H25N3O5/c1-29-24(36-3)16-30(38-29,14-15-37-19-10-8-18(17-31)9-11-19)26-25(29)27(34)33(28(26)35)23-13-12-22(32-2)20-6-4-5-7-21(20)23/h4-13,24-26H,14-16H2,1,3H3/t24-,25-,26+,29?,30?/m1/s1. The van der Waals surface area contributed by atoms with Crippen LogP contribution in [0, 0.1) is 29.7 Å². The molecule has 5 atom stereocenters. The summed E-state index contributed by atoms with van der Waals surface area (Å²) in [6.45, 7) is 9.65. The van der Waals surface area contributed by atoms with Gasteiger partial charge in [0.25, 0.3) is 0 Å². The molecule has 3 aliphatic rings. The summed E-state index contributed by atoms with van der Waals surface area (Å²) in [6.07, 6.45) is 0.521. The minimum atomic E-state index is -0.957. The molecule has 38 heavy (non-hydrogen) atoms. The van der Waals surface area contributed by atoms with Gasteiger partial charge in [-0.25, -0.2) is 9.74 Å². The molecule has 3 heterocycles. The molecule has 2 amide bonds. The van der Waals surface area contributed by atoms with E-state index in [9.17, 15) is 9.59 Å². The highest BCUT2D eigenvalue weighted by Crippen LogP contribution is 2.63. The topological polar surface area (TPSA) is 93.2 Å². The van der Waals surface area contributed by atoms with Crippen LogP contribution in [0.5, 0.6) is 5.75 Å². The zero-order chi connectivity index (χ0) is 26.7. The van der Waals surface area contributed by atoms with Gasteiger partial charge in [0.2, 0.25) is 11.8 Å². The number of fused-ring (bicyclic) bond motifs is 6. The van der Waals surface area contributed by atoms with Gasteiger partial charge in [0.1, 0.15) is 11.4 Å². The smallest absolute Gasteiger partial charge is 0.240 e. The Bertz CT molecular complexity index is 1550. The van der Waals surface area contributed by atoms with Crippen molar-refractivity contribution in [2.24, 2.45) is 11.8 Å². The van der Waals surface area contributed by atoms with Gasteiger partial charge >= 0.3 is 0 Å². The third-order valence-corrected chi connectivity index (χ3v) is 8.39. The molecule has 0 spiro atoms. The summed E-state index contributed by atoms with van der Waals surface area (Å²) in [5.74, 6) is -1.35. The van der Waals surface area contributed by atoms with E-state index in [1.807, 2.05) is 31.2 Å². The molecule has 3 aromatic rings. The number of carbonyl (C=O) groups excluding carboxylic acids is 2. The van der Waals surface area contributed by atoms with Crippen LogP contribution in [-0.2, 0) is 19.1 Å². The molecule has 3 fully saturated rings. The molecule has 0 N–H and O–H groups in total. The fourth-order valence-electron chi connectivity index (χ4n) is 6.68. The van der Waals surface area contributed by atoms with Crippen LogP contribution in [0.15, 0.2) is 60.7 Å². The summed E-state index contributed by atoms with van der Waals surface area (Å²) in [5.41, 5.74) is -0.380. The SMILES string of the molecule is [C-]#[N+]c1ccc(N2C(=O)[C@@H]3[C@H](C2=O)C2(C)OC3(CCOc3ccc(C#N)cc3)C[C@H]2OC)c2ccccc12. The van der Waals surface area contributed by atoms with Gasteiger partial charge in [0.15, 0.2) is 5.69 Å². The van der Waals surface area contributed by atoms with Gasteiger partial charge in [0.05, 0.1) is 54.0 Å². The average Bonchev–Trinajstić information content (AvgIpc) is 3.49. The highest BCUT2D eigenvalue weighted by atomic mass is 16.6. The minimum Gasteiger partial charge on any atom is -0.493 e. The fourth-order valence-corrected chi connectivity index (χ4v) is 6.68. The molecule has 0 aromatic heterocycles. The summed E-state index contributed by atoms with van der Waals surface area (Å²) < 4.78 is 18.3. The summed E-state index contributed by atoms with van der Waals surface area (Å²) >= 11 is 0. The zero-order valence-electron chi connectivity index (χ0n) is 21.0. The molecule has 0 saturated carbocycles. The van der Waals surface area contributed by atoms with Crippen LogP contribution in [0.3, 0.4) is 0 Å². The van der Waals surface area contributed by atoms with Crippen LogP contribution in [0.2, 0.25) is 0 Å². The number of nitriles is 1. The number of ether oxygens (including phenoxy) is 3. The lowest BCUT2D eigenvalue weighted by molar-refractivity contribution is -0.135. The molecule has 3 saturated heterocycles. The number of imide groups is 1. The monoisotopic (exact) mass is 507 g/mol. The number of hydrogen-bond acceptors (Lipinski definition) is 6. The lowest BCUT2D eigenvalue weighted by atomic mass is 9.66. The first-order valence-electron chi connectivity index (χ1n) is 12.5. The maximum absolute atomic E-state index is 14.1. The largest absolute Gasteiger partial charge is 0.493 e. The van der Waals surface area contributed by atoms with E-state index in [1.54, 1.807) is 43.5 Å². The Morgan fingerprint density at radius 3 is 2.47 bits per heavy atom. The van der Waals surface area contributed by atoms with E-state index in [0.717, 1.165) is 0 Å². The van der Waals surface area contributed by atoms with Crippen LogP contribution < -0.4 is 9.64 Å². The van der Waals surface area contributed by atoms with Crippen LogP contribution in [0.1, 0.15) is 25.3 Å². The van der Waals surface area contributed by atoms with Crippen LogP contribution in [-0.4, -0.2) is 42.8 Å². The van der Waals surface area contributed by atoms with Crippen molar-refractivity contribution in [2.75, 3.05) is 18.6 Å². The van der Waals surface area contributed by atoms with Crippen molar-refractivity contribution in [3.63, 3.8) is 0 Å². The molecule has 0 radical (unpaired) electrons. The Kier molecular flexibility index (Phi) is 5.50. The van der Waals surface area contributed by atoms with Crippen LogP contribution in [0.4, 0.5) is 11.4 Å². The van der Waals surface area contributed by atoms with E-state index in [4.69, 9.17) is 26.0 Å². The molecule has 190 valence electrons. The molecular formula is C30H25N3O5. The Morgan fingerprint density at radius 2 is 1.79 bits per heavy atom. The van der Waals surface area contributed by atoms with Crippen molar-refractivity contribution in [2.45, 2.75) is 37.1 Å². The number of benzene rings is 3. The van der Waals surface area contributed by atoms with Crippen molar-refractivity contribution >= 4 is 34.0 Å². The first kappa shape index (κ1) is 24.1. The Labute approximate surface area is 220 Å². The lowest BCUT2D eigenvalue weighted by Crippen LogP contribution is -2.50. The van der Waals surface area contributed by atoms with Gasteiger partial charge in [-0.05, 0) is 48.0 Å². The van der Waals surface area contributed by atoms with Crippen LogP contribution in [0.25, 0.3) is 15.6 Å². The second-order valence-corrected chi connectivity index (χ2v) is 10.2. The molecule has 0 aliphatic carbocycles. The van der Waals surface area contributed by atoms with Gasteiger partial charge in [-0.2, -0.15) is 5.26 Å². The molecule has 2 bridgehead atoms. The lowest BCUT2D eigenvalue weighted by Gasteiger charge is -2.35. The summed E-state index contributed by atoms with van der Waals surface area (Å²) in [5, 5.41) is 10.4. The van der Waals surface area contributed by atoms with E-state index in [1.165, 1.54) is 4.90 Å². The van der Waals surface area contributed by atoms with Crippen molar-refractivity contribution in [3.8, 4) is 11.8 Å². The second kappa shape index (κ2) is 8.66. The number of hydrogen-bond donors (Lipinski definition) is 0. The van der Waals surface area contributed by atoms with E-state index < -0.39 is 23.0 Å². The maximum Gasteiger partial charge on any atom is 0.240 e. The summed E-state index contributed by atoms with van der Waals surface area (Å²) in [6, 6.07) is 19.6. The number of anilines is 1. The number of methoxy groups -OCH3 is 1. The average molecular weight is 508 g/mol. The van der Waals surface area contributed by atoms with E-state index in [2.05, 4.69) is 10.9 Å². The van der Waals surface area contributed by atoms with Gasteiger partial charge in [0, 0.05) is 20.0 Å². The molecule has 8 nitrogen and oxygen atoms in total. The van der Waals surface area contributed by atoms with Gasteiger partial charge in [-0.15, -0.1) is 0 Å². The third kappa shape index (κ3) is 3.28. The predicted octanol–water partition coefficient (Wildman–Crippen LogP) is 4.78. The van der Waals surface area contributed by atoms with Crippen molar-refractivity contribution in [1.29, 1.82) is 5.26 Å². The Balaban J connectivity index is 1.35. The highest BCUT2D eigenvalue weighted by Gasteiger charge is 2.77. The fraction of sp³-hybridized carbons (Fsp3) is 0.333. The molecular weight excluding hydrogens is 482 g/mol. The number of amides is 2. The molecule has 3 aliphatic heterocycles. The Hall–Kier alpha value is -4.24. The van der Waals surface area contributed by atoms with Crippen molar-refractivity contribution < 1.29 is 23.8 Å². The van der Waals surface area contributed by atoms with E-state index in [-0.39, 0.29) is 24.5 Å². The quantitative estimate of drug-likeness (QED) is 0.352. The Morgan fingerprint density at radius 1 is 1.08 bits per heavy atom. The molecule has 6 rings (SSSR count). The zero-order valence-corrected chi connectivity index (χ0v) is 21.0. The molecule has 2 unspecified atom stereocenters. The van der Waals surface area contributed by atoms with Gasteiger partial charge in [-0.3, -0.25) is 9.59 Å². The third-order valence-electron chi connectivity index (χ3n) is 8.39. The maximum atomic E-state index is 14.1. The van der Waals surface area contributed by atoms with Gasteiger partial charge in [-0.1, -0.05) is 30.3 Å². The highest BCUT2D eigenvalue weighted by molar-refractivity contribution is 6.26. The van der Waals surface area contributed by atoms with E-state index >= 15 is 0 Å². The normalized spacial score (nSPS) is 29.4. The molecule has 3 aromatic carbocycles. The van der Waals surface area contributed by atoms with E-state index in [0.29, 0.717) is 46.3 Å².